The van der Waals surface area contributed by atoms with Gasteiger partial charge in [0.2, 0.25) is 10.0 Å². The molecular weight excluding hydrogens is 364 g/mol. The van der Waals surface area contributed by atoms with Crippen LogP contribution in [-0.2, 0) is 29.3 Å². The van der Waals surface area contributed by atoms with Crippen molar-refractivity contribution in [2.45, 2.75) is 30.6 Å². The maximum atomic E-state index is 12.6. The van der Waals surface area contributed by atoms with Crippen molar-refractivity contribution < 1.29 is 13.2 Å². The number of anilines is 1. The van der Waals surface area contributed by atoms with E-state index in [4.69, 9.17) is 4.74 Å². The fourth-order valence-electron chi connectivity index (χ4n) is 4.00. The Balaban J connectivity index is 1.18. The number of hydrogen-bond acceptors (Lipinski definition) is 6. The van der Waals surface area contributed by atoms with Crippen molar-refractivity contribution in [3.05, 3.63) is 41.1 Å². The molecule has 3 heterocycles. The zero-order chi connectivity index (χ0) is 18.4. The normalized spacial score (nSPS) is 18.7. The lowest BCUT2D eigenvalue weighted by Gasteiger charge is -2.40. The average molecular weight is 386 g/mol. The SMILES string of the molecule is O=S(=O)(NCC1CN(c2cc3c(nn2)CCC3)C1)c1ccc2c(c1)CCO2. The van der Waals surface area contributed by atoms with Gasteiger partial charge in [-0.15, -0.1) is 5.10 Å². The second-order valence-electron chi connectivity index (χ2n) is 7.52. The Labute approximate surface area is 158 Å². The number of rotatable bonds is 5. The zero-order valence-corrected chi connectivity index (χ0v) is 15.8. The number of ether oxygens (including phenoxy) is 1. The summed E-state index contributed by atoms with van der Waals surface area (Å²) in [5.74, 6) is 1.99. The minimum absolute atomic E-state index is 0.285. The molecule has 2 aromatic rings. The summed E-state index contributed by atoms with van der Waals surface area (Å²) >= 11 is 0. The number of fused-ring (bicyclic) bond motifs is 2. The van der Waals surface area contributed by atoms with Crippen LogP contribution in [0.2, 0.25) is 0 Å². The van der Waals surface area contributed by atoms with Crippen molar-refractivity contribution in [2.24, 2.45) is 5.92 Å². The predicted molar refractivity (Wildman–Crippen MR) is 101 cm³/mol. The Hall–Kier alpha value is -2.19. The molecule has 1 aliphatic carbocycles. The van der Waals surface area contributed by atoms with E-state index < -0.39 is 10.0 Å². The van der Waals surface area contributed by atoms with Crippen molar-refractivity contribution in [1.29, 1.82) is 0 Å². The predicted octanol–water partition coefficient (Wildman–Crippen LogP) is 1.31. The third-order valence-electron chi connectivity index (χ3n) is 5.62. The van der Waals surface area contributed by atoms with Crippen LogP contribution in [0.3, 0.4) is 0 Å². The minimum Gasteiger partial charge on any atom is -0.493 e. The maximum absolute atomic E-state index is 12.6. The van der Waals surface area contributed by atoms with Crippen LogP contribution in [0.5, 0.6) is 5.75 Å². The molecule has 0 amide bonds. The van der Waals surface area contributed by atoms with Crippen molar-refractivity contribution in [1.82, 2.24) is 14.9 Å². The Morgan fingerprint density at radius 3 is 2.89 bits per heavy atom. The second-order valence-corrected chi connectivity index (χ2v) is 9.29. The number of aryl methyl sites for hydroxylation is 2. The third kappa shape index (κ3) is 3.17. The van der Waals surface area contributed by atoms with Crippen LogP contribution in [0.25, 0.3) is 0 Å². The monoisotopic (exact) mass is 386 g/mol. The molecule has 0 spiro atoms. The van der Waals surface area contributed by atoms with Gasteiger partial charge in [-0.3, -0.25) is 0 Å². The average Bonchev–Trinajstić information content (AvgIpc) is 3.28. The second kappa shape index (κ2) is 6.45. The van der Waals surface area contributed by atoms with E-state index in [0.717, 1.165) is 61.6 Å². The van der Waals surface area contributed by atoms with Gasteiger partial charge in [-0.1, -0.05) is 0 Å². The van der Waals surface area contributed by atoms with E-state index in [1.807, 2.05) is 0 Å². The van der Waals surface area contributed by atoms with E-state index in [-0.39, 0.29) is 5.92 Å². The summed E-state index contributed by atoms with van der Waals surface area (Å²) < 4.78 is 33.3. The summed E-state index contributed by atoms with van der Waals surface area (Å²) in [5.41, 5.74) is 3.40. The van der Waals surface area contributed by atoms with Crippen LogP contribution in [0, 0.1) is 5.92 Å². The van der Waals surface area contributed by atoms with E-state index in [2.05, 4.69) is 25.9 Å². The lowest BCUT2D eigenvalue weighted by atomic mass is 10.0. The summed E-state index contributed by atoms with van der Waals surface area (Å²) in [7, 11) is -3.50. The first kappa shape index (κ1) is 16.9. The van der Waals surface area contributed by atoms with Gasteiger partial charge in [0.05, 0.1) is 17.2 Å². The van der Waals surface area contributed by atoms with Gasteiger partial charge in [-0.05, 0) is 54.7 Å². The Morgan fingerprint density at radius 2 is 2.00 bits per heavy atom. The summed E-state index contributed by atoms with van der Waals surface area (Å²) in [5, 5.41) is 8.65. The highest BCUT2D eigenvalue weighted by Crippen LogP contribution is 2.29. The Morgan fingerprint density at radius 1 is 1.11 bits per heavy atom. The van der Waals surface area contributed by atoms with Crippen LogP contribution in [0.15, 0.2) is 29.2 Å². The van der Waals surface area contributed by atoms with E-state index >= 15 is 0 Å². The van der Waals surface area contributed by atoms with Crippen LogP contribution in [0.4, 0.5) is 5.82 Å². The van der Waals surface area contributed by atoms with Gasteiger partial charge < -0.3 is 9.64 Å². The van der Waals surface area contributed by atoms with Crippen molar-refractivity contribution in [2.75, 3.05) is 31.1 Å². The Kier molecular flexibility index (Phi) is 4.05. The standard InChI is InChI=1S/C19H22N4O3S/c24-27(25,16-4-5-18-15(8-16)6-7-26-18)20-10-13-11-23(12-13)19-9-14-2-1-3-17(14)21-22-19/h4-5,8-9,13,20H,1-3,6-7,10-12H2. The summed E-state index contributed by atoms with van der Waals surface area (Å²) in [6.07, 6.45) is 4.04. The van der Waals surface area contributed by atoms with E-state index in [0.29, 0.717) is 18.0 Å². The number of benzene rings is 1. The molecule has 7 nitrogen and oxygen atoms in total. The molecular formula is C19H22N4O3S. The highest BCUT2D eigenvalue weighted by atomic mass is 32.2. The minimum atomic E-state index is -3.50. The molecule has 0 radical (unpaired) electrons. The number of hydrogen-bond donors (Lipinski definition) is 1. The van der Waals surface area contributed by atoms with Gasteiger partial charge >= 0.3 is 0 Å². The van der Waals surface area contributed by atoms with E-state index in [1.165, 1.54) is 5.56 Å². The molecule has 0 atom stereocenters. The van der Waals surface area contributed by atoms with Gasteiger partial charge in [0, 0.05) is 32.0 Å². The lowest BCUT2D eigenvalue weighted by molar-refractivity contribution is 0.356. The molecule has 1 aromatic carbocycles. The molecule has 2 aliphatic heterocycles. The van der Waals surface area contributed by atoms with Crippen LogP contribution in [0.1, 0.15) is 23.2 Å². The highest BCUT2D eigenvalue weighted by molar-refractivity contribution is 7.89. The molecule has 1 fully saturated rings. The summed E-state index contributed by atoms with van der Waals surface area (Å²) in [6, 6.07) is 7.22. The highest BCUT2D eigenvalue weighted by Gasteiger charge is 2.30. The molecule has 0 bridgehead atoms. The molecule has 8 heteroatoms. The zero-order valence-electron chi connectivity index (χ0n) is 15.0. The van der Waals surface area contributed by atoms with Crippen LogP contribution >= 0.6 is 0 Å². The lowest BCUT2D eigenvalue weighted by Crippen LogP contribution is -2.51. The maximum Gasteiger partial charge on any atom is 0.240 e. The molecule has 1 aromatic heterocycles. The number of aromatic nitrogens is 2. The molecule has 1 saturated heterocycles. The van der Waals surface area contributed by atoms with Crippen molar-refractivity contribution >= 4 is 15.8 Å². The fraction of sp³-hybridized carbons (Fsp3) is 0.474. The number of nitrogens with zero attached hydrogens (tertiary/aromatic N) is 3. The van der Waals surface area contributed by atoms with Gasteiger partial charge in [0.1, 0.15) is 5.75 Å². The summed E-state index contributed by atoms with van der Waals surface area (Å²) in [4.78, 5) is 2.48. The first-order chi connectivity index (χ1) is 13.1. The number of sulfonamides is 1. The van der Waals surface area contributed by atoms with Crippen molar-refractivity contribution in [3.63, 3.8) is 0 Å². The fourth-order valence-corrected chi connectivity index (χ4v) is 5.17. The quantitative estimate of drug-likeness (QED) is 0.834. The Bertz CT molecular complexity index is 986. The van der Waals surface area contributed by atoms with Gasteiger partial charge in [0.25, 0.3) is 0 Å². The summed E-state index contributed by atoms with van der Waals surface area (Å²) in [6.45, 7) is 2.66. The van der Waals surface area contributed by atoms with Gasteiger partial charge in [0.15, 0.2) is 5.82 Å². The van der Waals surface area contributed by atoms with Crippen LogP contribution in [-0.4, -0.2) is 44.9 Å². The molecule has 1 N–H and O–H groups in total. The molecule has 142 valence electrons. The van der Waals surface area contributed by atoms with Crippen molar-refractivity contribution in [3.8, 4) is 5.75 Å². The molecule has 0 unspecified atom stereocenters. The van der Waals surface area contributed by atoms with E-state index in [9.17, 15) is 8.42 Å². The molecule has 5 rings (SSSR count). The molecule has 27 heavy (non-hydrogen) atoms. The van der Waals surface area contributed by atoms with E-state index in [1.54, 1.807) is 18.2 Å². The molecule has 3 aliphatic rings. The smallest absolute Gasteiger partial charge is 0.240 e. The topological polar surface area (TPSA) is 84.4 Å². The van der Waals surface area contributed by atoms with Crippen LogP contribution < -0.4 is 14.4 Å². The number of nitrogens with one attached hydrogen (secondary N) is 1. The van der Waals surface area contributed by atoms with Gasteiger partial charge in [-0.25, -0.2) is 13.1 Å². The first-order valence-corrected chi connectivity index (χ1v) is 10.9. The third-order valence-corrected chi connectivity index (χ3v) is 7.04. The molecule has 0 saturated carbocycles. The first-order valence-electron chi connectivity index (χ1n) is 9.44. The largest absolute Gasteiger partial charge is 0.493 e. The van der Waals surface area contributed by atoms with Gasteiger partial charge in [-0.2, -0.15) is 5.10 Å².